The first-order valence-electron chi connectivity index (χ1n) is 9.72. The minimum atomic E-state index is 0.843. The third-order valence-corrected chi connectivity index (χ3v) is 4.39. The van der Waals surface area contributed by atoms with Crippen molar-refractivity contribution in [3.8, 4) is 23.7 Å². The van der Waals surface area contributed by atoms with Gasteiger partial charge in [-0.2, -0.15) is 0 Å². The van der Waals surface area contributed by atoms with Gasteiger partial charge in [-0.3, -0.25) is 0 Å². The molecule has 0 heteroatoms. The van der Waals surface area contributed by atoms with Crippen LogP contribution in [0.5, 0.6) is 0 Å². The smallest absolute Gasteiger partial charge is 0.0401 e. The maximum absolute atomic E-state index is 3.32. The maximum Gasteiger partial charge on any atom is 0.0401 e. The molecule has 0 fully saturated rings. The van der Waals surface area contributed by atoms with Gasteiger partial charge in [-0.05, 0) is 29.5 Å². The molecule has 0 bridgehead atoms. The first-order valence-corrected chi connectivity index (χ1v) is 9.72. The maximum atomic E-state index is 3.32. The van der Waals surface area contributed by atoms with Crippen LogP contribution in [0.2, 0.25) is 0 Å². The van der Waals surface area contributed by atoms with Gasteiger partial charge in [0.15, 0.2) is 0 Å². The van der Waals surface area contributed by atoms with Crippen LogP contribution >= 0.6 is 0 Å². The van der Waals surface area contributed by atoms with Crippen molar-refractivity contribution in [3.05, 3.63) is 114 Å². The molecule has 3 rings (SSSR count). The van der Waals surface area contributed by atoms with E-state index in [-0.39, 0.29) is 0 Å². The van der Waals surface area contributed by atoms with Gasteiger partial charge in [-0.1, -0.05) is 115 Å². The summed E-state index contributed by atoms with van der Waals surface area (Å²) in [4.78, 5) is 0. The Morgan fingerprint density at radius 3 is 1.68 bits per heavy atom. The highest BCUT2D eigenvalue weighted by Crippen LogP contribution is 2.13. The SMILES string of the molecule is C(#CCCc1ccccc1)/C=C(\C#CCCc1ccccc1)c1ccccc1. The number of hydrogen-bond acceptors (Lipinski definition) is 0. The molecule has 28 heavy (non-hydrogen) atoms. The zero-order valence-corrected chi connectivity index (χ0v) is 16.1. The molecule has 0 aliphatic heterocycles. The molecule has 3 aromatic carbocycles. The molecule has 0 amide bonds. The van der Waals surface area contributed by atoms with Gasteiger partial charge >= 0.3 is 0 Å². The molecule has 3 aromatic rings. The van der Waals surface area contributed by atoms with E-state index in [0.29, 0.717) is 0 Å². The minimum absolute atomic E-state index is 0.843. The van der Waals surface area contributed by atoms with Crippen LogP contribution in [0.1, 0.15) is 29.5 Å². The molecule has 0 aromatic heterocycles. The second-order valence-corrected chi connectivity index (χ2v) is 6.52. The van der Waals surface area contributed by atoms with Crippen LogP contribution in [0, 0.1) is 23.7 Å². The summed E-state index contributed by atoms with van der Waals surface area (Å²) in [5.41, 5.74) is 4.75. The zero-order chi connectivity index (χ0) is 19.3. The number of allylic oxidation sites excluding steroid dienone is 2. The average molecular weight is 360 g/mol. The zero-order valence-electron chi connectivity index (χ0n) is 16.1. The van der Waals surface area contributed by atoms with Gasteiger partial charge in [-0.15, -0.1) is 0 Å². The molecule has 0 aliphatic rings. The molecule has 0 saturated heterocycles. The van der Waals surface area contributed by atoms with E-state index in [9.17, 15) is 0 Å². The molecule has 0 spiro atoms. The lowest BCUT2D eigenvalue weighted by atomic mass is 10.1. The molecule has 0 atom stereocenters. The standard InChI is InChI=1S/C28H24/c1-5-15-25(16-6-1)19-9-3-10-21-28(27-22-11-4-12-23-27)24-14-13-20-26-17-7-2-8-18-26/h1-2,4-8,11-12,15-18,21-23H,9,13,19-20H2/b28-21+. The Bertz CT molecular complexity index is 989. The summed E-state index contributed by atoms with van der Waals surface area (Å²) in [5.74, 6) is 13.1. The third kappa shape index (κ3) is 6.68. The highest BCUT2D eigenvalue weighted by Gasteiger charge is 1.96. The van der Waals surface area contributed by atoms with Gasteiger partial charge < -0.3 is 0 Å². The largest absolute Gasteiger partial charge is 0.0981 e. The highest BCUT2D eigenvalue weighted by molar-refractivity contribution is 5.80. The van der Waals surface area contributed by atoms with Gasteiger partial charge in [0, 0.05) is 24.5 Å². The second-order valence-electron chi connectivity index (χ2n) is 6.52. The Hall–Kier alpha value is -3.48. The Balaban J connectivity index is 1.63. The molecule has 0 N–H and O–H groups in total. The fraction of sp³-hybridized carbons (Fsp3) is 0.143. The Labute approximate surface area is 169 Å². The van der Waals surface area contributed by atoms with Gasteiger partial charge in [-0.25, -0.2) is 0 Å². The van der Waals surface area contributed by atoms with E-state index in [1.54, 1.807) is 0 Å². The Kier molecular flexibility index (Phi) is 7.77. The van der Waals surface area contributed by atoms with Crippen LogP contribution in [0.4, 0.5) is 0 Å². The molecule has 0 heterocycles. The van der Waals surface area contributed by atoms with E-state index >= 15 is 0 Å². The van der Waals surface area contributed by atoms with E-state index in [2.05, 4.69) is 84.3 Å². The summed E-state index contributed by atoms with van der Waals surface area (Å²) >= 11 is 0. The quantitative estimate of drug-likeness (QED) is 0.466. The predicted octanol–water partition coefficient (Wildman–Crippen LogP) is 6.34. The summed E-state index contributed by atoms with van der Waals surface area (Å²) in [7, 11) is 0. The summed E-state index contributed by atoms with van der Waals surface area (Å²) in [6.45, 7) is 0. The van der Waals surface area contributed by atoms with Crippen molar-refractivity contribution >= 4 is 5.57 Å². The van der Waals surface area contributed by atoms with Crippen molar-refractivity contribution in [1.82, 2.24) is 0 Å². The van der Waals surface area contributed by atoms with Gasteiger partial charge in [0.2, 0.25) is 0 Å². The van der Waals surface area contributed by atoms with Crippen LogP contribution in [-0.2, 0) is 12.8 Å². The molecule has 0 radical (unpaired) electrons. The number of aryl methyl sites for hydroxylation is 2. The van der Waals surface area contributed by atoms with E-state index in [1.165, 1.54) is 11.1 Å². The normalized spacial score (nSPS) is 10.4. The average Bonchev–Trinajstić information content (AvgIpc) is 2.77. The fourth-order valence-electron chi connectivity index (χ4n) is 2.87. The summed E-state index contributed by atoms with van der Waals surface area (Å²) in [6, 6.07) is 31.2. The highest BCUT2D eigenvalue weighted by atomic mass is 14.0. The number of hydrogen-bond donors (Lipinski definition) is 0. The Morgan fingerprint density at radius 1 is 0.607 bits per heavy atom. The van der Waals surface area contributed by atoms with Crippen molar-refractivity contribution in [1.29, 1.82) is 0 Å². The number of benzene rings is 3. The van der Waals surface area contributed by atoms with Crippen molar-refractivity contribution in [2.75, 3.05) is 0 Å². The first-order chi connectivity index (χ1) is 13.9. The number of rotatable bonds is 5. The van der Waals surface area contributed by atoms with E-state index in [1.807, 2.05) is 36.4 Å². The second kappa shape index (κ2) is 11.3. The summed E-state index contributed by atoms with van der Waals surface area (Å²) in [6.07, 6.45) is 5.60. The Morgan fingerprint density at radius 2 is 1.11 bits per heavy atom. The van der Waals surface area contributed by atoms with E-state index in [4.69, 9.17) is 0 Å². The van der Waals surface area contributed by atoms with Gasteiger partial charge in [0.1, 0.15) is 0 Å². The summed E-state index contributed by atoms with van der Waals surface area (Å²) < 4.78 is 0. The van der Waals surface area contributed by atoms with Crippen LogP contribution in [0.25, 0.3) is 5.57 Å². The lowest BCUT2D eigenvalue weighted by Crippen LogP contribution is -1.84. The molecule has 0 nitrogen and oxygen atoms in total. The fourth-order valence-corrected chi connectivity index (χ4v) is 2.87. The lowest BCUT2D eigenvalue weighted by Gasteiger charge is -1.98. The van der Waals surface area contributed by atoms with Crippen LogP contribution in [-0.4, -0.2) is 0 Å². The van der Waals surface area contributed by atoms with Crippen molar-refractivity contribution in [2.45, 2.75) is 25.7 Å². The van der Waals surface area contributed by atoms with Crippen molar-refractivity contribution in [3.63, 3.8) is 0 Å². The molecular formula is C28H24. The molecule has 0 unspecified atom stereocenters. The van der Waals surface area contributed by atoms with Crippen molar-refractivity contribution < 1.29 is 0 Å². The van der Waals surface area contributed by atoms with E-state index < -0.39 is 0 Å². The van der Waals surface area contributed by atoms with Gasteiger partial charge in [0.05, 0.1) is 0 Å². The summed E-state index contributed by atoms with van der Waals surface area (Å²) in [5, 5.41) is 0. The monoisotopic (exact) mass is 360 g/mol. The van der Waals surface area contributed by atoms with Crippen LogP contribution in [0.3, 0.4) is 0 Å². The van der Waals surface area contributed by atoms with Crippen LogP contribution in [0.15, 0.2) is 97.1 Å². The van der Waals surface area contributed by atoms with E-state index in [0.717, 1.165) is 36.8 Å². The third-order valence-electron chi connectivity index (χ3n) is 4.39. The molecule has 0 saturated carbocycles. The van der Waals surface area contributed by atoms with Crippen molar-refractivity contribution in [2.24, 2.45) is 0 Å². The topological polar surface area (TPSA) is 0 Å². The minimum Gasteiger partial charge on any atom is -0.0981 e. The molecule has 136 valence electrons. The van der Waals surface area contributed by atoms with Gasteiger partial charge in [0.25, 0.3) is 0 Å². The first kappa shape index (κ1) is 19.3. The molecule has 0 aliphatic carbocycles. The lowest BCUT2D eigenvalue weighted by molar-refractivity contribution is 1.03. The molecular weight excluding hydrogens is 336 g/mol. The predicted molar refractivity (Wildman–Crippen MR) is 119 cm³/mol. The van der Waals surface area contributed by atoms with Crippen LogP contribution < -0.4 is 0 Å².